The van der Waals surface area contributed by atoms with Gasteiger partial charge in [-0.15, -0.1) is 0 Å². The minimum Gasteiger partial charge on any atom is -0.465 e. The molecule has 0 heterocycles. The van der Waals surface area contributed by atoms with Gasteiger partial charge in [-0.3, -0.25) is 9.59 Å². The molecule has 0 fully saturated rings. The Kier molecular flexibility index (Phi) is 48.5. The van der Waals surface area contributed by atoms with E-state index in [1.165, 1.54) is 244 Å². The van der Waals surface area contributed by atoms with E-state index in [0.29, 0.717) is 37.9 Å². The zero-order valence-electron chi connectivity index (χ0n) is 43.3. The predicted molar refractivity (Wildman–Crippen MR) is 272 cm³/mol. The molecule has 370 valence electrons. The molecule has 0 N–H and O–H groups in total. The van der Waals surface area contributed by atoms with E-state index in [1.54, 1.807) is 0 Å². The molecule has 0 aromatic heterocycles. The van der Waals surface area contributed by atoms with Crippen molar-refractivity contribution in [2.45, 2.75) is 305 Å². The third-order valence-corrected chi connectivity index (χ3v) is 13.6. The maximum atomic E-state index is 12.6. The Morgan fingerprint density at radius 1 is 0.339 bits per heavy atom. The van der Waals surface area contributed by atoms with Crippen molar-refractivity contribution in [3.05, 3.63) is 0 Å². The molecule has 0 spiro atoms. The first kappa shape index (κ1) is 60.9. The van der Waals surface area contributed by atoms with Crippen LogP contribution in [0.25, 0.3) is 0 Å². The van der Waals surface area contributed by atoms with Crippen molar-refractivity contribution >= 4 is 11.9 Å². The van der Waals surface area contributed by atoms with Crippen molar-refractivity contribution in [1.29, 1.82) is 0 Å². The number of esters is 2. The average molecular weight is 877 g/mol. The molecule has 0 amide bonds. The molecule has 0 saturated heterocycles. The highest BCUT2D eigenvalue weighted by molar-refractivity contribution is 5.69. The number of nitrogens with zero attached hydrogens (tertiary/aromatic N) is 1. The van der Waals surface area contributed by atoms with E-state index in [0.717, 1.165) is 31.6 Å². The first-order valence-corrected chi connectivity index (χ1v) is 28.4. The van der Waals surface area contributed by atoms with Crippen LogP contribution in [0.5, 0.6) is 0 Å². The quantitative estimate of drug-likeness (QED) is 0.0450. The number of carbonyl (C=O) groups is 2. The average Bonchev–Trinajstić information content (AvgIpc) is 3.26. The fourth-order valence-electron chi connectivity index (χ4n) is 9.09. The zero-order chi connectivity index (χ0) is 45.4. The monoisotopic (exact) mass is 876 g/mol. The van der Waals surface area contributed by atoms with Crippen LogP contribution in [0.15, 0.2) is 0 Å². The van der Waals surface area contributed by atoms with Crippen LogP contribution in [0, 0.1) is 17.8 Å². The standard InChI is InChI=1S/C57H113NO4/c1-7-11-15-19-27-35-43-54(41-33-17-13-9-3)51-61-56(59)45-37-29-23-21-25-31-39-48-58(50-47-53(5)6)49-40-32-26-22-24-30-38-46-57(60)62-52-55(42-34-18-14-10-4)44-36-28-20-16-12-8-2/h53-55H,7-52H2,1-6H3. The molecular weight excluding hydrogens is 763 g/mol. The van der Waals surface area contributed by atoms with Crippen LogP contribution in [0.4, 0.5) is 0 Å². The predicted octanol–water partition coefficient (Wildman–Crippen LogP) is 18.3. The van der Waals surface area contributed by atoms with Gasteiger partial charge in [-0.25, -0.2) is 0 Å². The van der Waals surface area contributed by atoms with Crippen LogP contribution in [0.2, 0.25) is 0 Å². The SMILES string of the molecule is CCCCCCCCC(CCCCCC)COC(=O)CCCCCCCCCN(CCCCCCCCCC(=O)OCC(CCCCCC)CCCCCCCC)CCC(C)C. The summed E-state index contributed by atoms with van der Waals surface area (Å²) < 4.78 is 11.6. The Morgan fingerprint density at radius 3 is 0.935 bits per heavy atom. The molecule has 0 aromatic rings. The Bertz CT molecular complexity index is 841. The molecule has 62 heavy (non-hydrogen) atoms. The minimum absolute atomic E-state index is 0.0346. The van der Waals surface area contributed by atoms with Gasteiger partial charge in [0.05, 0.1) is 13.2 Å². The summed E-state index contributed by atoms with van der Waals surface area (Å²) in [6, 6.07) is 0. The van der Waals surface area contributed by atoms with E-state index >= 15 is 0 Å². The van der Waals surface area contributed by atoms with Crippen LogP contribution in [0.3, 0.4) is 0 Å². The van der Waals surface area contributed by atoms with Crippen molar-refractivity contribution < 1.29 is 19.1 Å². The normalized spacial score (nSPS) is 12.7. The third kappa shape index (κ3) is 45.5. The summed E-state index contributed by atoms with van der Waals surface area (Å²) in [6.45, 7) is 18.8. The summed E-state index contributed by atoms with van der Waals surface area (Å²) in [6.07, 6.45) is 51.0. The van der Waals surface area contributed by atoms with E-state index in [2.05, 4.69) is 46.4 Å². The largest absolute Gasteiger partial charge is 0.465 e. The summed E-state index contributed by atoms with van der Waals surface area (Å²) in [4.78, 5) is 27.9. The lowest BCUT2D eigenvalue weighted by molar-refractivity contribution is -0.146. The Labute approximate surface area is 389 Å². The van der Waals surface area contributed by atoms with Crippen LogP contribution in [-0.2, 0) is 19.1 Å². The molecule has 0 aliphatic carbocycles. The van der Waals surface area contributed by atoms with Gasteiger partial charge in [-0.2, -0.15) is 0 Å². The van der Waals surface area contributed by atoms with Crippen molar-refractivity contribution in [3.63, 3.8) is 0 Å². The van der Waals surface area contributed by atoms with Gasteiger partial charge in [0.15, 0.2) is 0 Å². The maximum Gasteiger partial charge on any atom is 0.305 e. The van der Waals surface area contributed by atoms with Crippen LogP contribution in [0.1, 0.15) is 305 Å². The summed E-state index contributed by atoms with van der Waals surface area (Å²) in [5.74, 6) is 1.94. The molecule has 0 aliphatic rings. The van der Waals surface area contributed by atoms with Gasteiger partial charge in [-0.1, -0.05) is 234 Å². The smallest absolute Gasteiger partial charge is 0.305 e. The summed E-state index contributed by atoms with van der Waals surface area (Å²) in [5.41, 5.74) is 0. The van der Waals surface area contributed by atoms with Gasteiger partial charge < -0.3 is 14.4 Å². The van der Waals surface area contributed by atoms with Gasteiger partial charge in [0.1, 0.15) is 0 Å². The molecule has 0 aromatic carbocycles. The van der Waals surface area contributed by atoms with E-state index in [-0.39, 0.29) is 11.9 Å². The van der Waals surface area contributed by atoms with Gasteiger partial charge in [-0.05, 0) is 95.2 Å². The molecule has 0 saturated carbocycles. The molecule has 0 radical (unpaired) electrons. The Balaban J connectivity index is 4.10. The molecule has 0 aliphatic heterocycles. The molecule has 2 unspecified atom stereocenters. The molecule has 5 heteroatoms. The highest BCUT2D eigenvalue weighted by Crippen LogP contribution is 2.22. The molecule has 2 atom stereocenters. The van der Waals surface area contributed by atoms with Crippen LogP contribution in [-0.4, -0.2) is 49.7 Å². The van der Waals surface area contributed by atoms with Crippen LogP contribution >= 0.6 is 0 Å². The maximum absolute atomic E-state index is 12.6. The van der Waals surface area contributed by atoms with E-state index in [4.69, 9.17) is 9.47 Å². The number of unbranched alkanes of at least 4 members (excludes halogenated alkanes) is 28. The van der Waals surface area contributed by atoms with Gasteiger partial charge in [0.25, 0.3) is 0 Å². The van der Waals surface area contributed by atoms with E-state index in [9.17, 15) is 9.59 Å². The third-order valence-electron chi connectivity index (χ3n) is 13.6. The number of carbonyl (C=O) groups excluding carboxylic acids is 2. The minimum atomic E-state index is 0.0346. The second kappa shape index (κ2) is 49.3. The lowest BCUT2D eigenvalue weighted by atomic mass is 9.95. The number of ether oxygens (including phenoxy) is 2. The number of rotatable bonds is 51. The van der Waals surface area contributed by atoms with E-state index < -0.39 is 0 Å². The summed E-state index contributed by atoms with van der Waals surface area (Å²) in [7, 11) is 0. The number of hydrogen-bond donors (Lipinski definition) is 0. The van der Waals surface area contributed by atoms with Crippen LogP contribution < -0.4 is 0 Å². The van der Waals surface area contributed by atoms with Crippen molar-refractivity contribution in [3.8, 4) is 0 Å². The summed E-state index contributed by atoms with van der Waals surface area (Å²) >= 11 is 0. The van der Waals surface area contributed by atoms with Gasteiger partial charge >= 0.3 is 11.9 Å². The molecule has 0 rings (SSSR count). The van der Waals surface area contributed by atoms with Gasteiger partial charge in [0.2, 0.25) is 0 Å². The van der Waals surface area contributed by atoms with E-state index in [1.807, 2.05) is 0 Å². The number of hydrogen-bond acceptors (Lipinski definition) is 5. The molecule has 5 nitrogen and oxygen atoms in total. The highest BCUT2D eigenvalue weighted by Gasteiger charge is 2.14. The second-order valence-electron chi connectivity index (χ2n) is 20.4. The fourth-order valence-corrected chi connectivity index (χ4v) is 9.09. The first-order chi connectivity index (χ1) is 30.4. The lowest BCUT2D eigenvalue weighted by Gasteiger charge is -2.23. The highest BCUT2D eigenvalue weighted by atomic mass is 16.5. The topological polar surface area (TPSA) is 55.8 Å². The van der Waals surface area contributed by atoms with Crippen molar-refractivity contribution in [1.82, 2.24) is 4.90 Å². The first-order valence-electron chi connectivity index (χ1n) is 28.4. The Hall–Kier alpha value is -1.10. The van der Waals surface area contributed by atoms with Crippen molar-refractivity contribution in [2.75, 3.05) is 32.8 Å². The lowest BCUT2D eigenvalue weighted by Crippen LogP contribution is -2.28. The Morgan fingerprint density at radius 2 is 0.613 bits per heavy atom. The van der Waals surface area contributed by atoms with Gasteiger partial charge in [0, 0.05) is 12.8 Å². The fraction of sp³-hybridized carbons (Fsp3) is 0.965. The summed E-state index contributed by atoms with van der Waals surface area (Å²) in [5, 5.41) is 0. The van der Waals surface area contributed by atoms with Crippen molar-refractivity contribution in [2.24, 2.45) is 17.8 Å². The zero-order valence-corrected chi connectivity index (χ0v) is 43.3. The molecule has 0 bridgehead atoms. The second-order valence-corrected chi connectivity index (χ2v) is 20.4. The molecular formula is C57H113NO4.